The fourth-order valence-electron chi connectivity index (χ4n) is 3.01. The van der Waals surface area contributed by atoms with Gasteiger partial charge in [0.1, 0.15) is 5.75 Å². The zero-order chi connectivity index (χ0) is 13.9. The maximum atomic E-state index is 5.37. The summed E-state index contributed by atoms with van der Waals surface area (Å²) in [6.45, 7) is 3.22. The molecule has 20 heavy (non-hydrogen) atoms. The molecular formula is C16H21N3O. The van der Waals surface area contributed by atoms with Gasteiger partial charge in [-0.2, -0.15) is 0 Å². The second-order valence-electron chi connectivity index (χ2n) is 5.28. The molecule has 1 aromatic carbocycles. The Morgan fingerprint density at radius 2 is 2.35 bits per heavy atom. The number of hydrogen-bond acceptors (Lipinski definition) is 3. The van der Waals surface area contributed by atoms with Gasteiger partial charge in [-0.05, 0) is 42.6 Å². The summed E-state index contributed by atoms with van der Waals surface area (Å²) in [5.41, 5.74) is 2.76. The second kappa shape index (κ2) is 5.67. The lowest BCUT2D eigenvalue weighted by Gasteiger charge is -2.23. The van der Waals surface area contributed by atoms with E-state index in [1.807, 2.05) is 18.6 Å². The van der Waals surface area contributed by atoms with Crippen LogP contribution in [0.15, 0.2) is 36.9 Å². The van der Waals surface area contributed by atoms with Crippen molar-refractivity contribution in [3.63, 3.8) is 0 Å². The van der Waals surface area contributed by atoms with Crippen LogP contribution in [0.3, 0.4) is 0 Å². The molecule has 0 amide bonds. The highest BCUT2D eigenvalue weighted by molar-refractivity contribution is 5.42. The Morgan fingerprint density at radius 1 is 1.45 bits per heavy atom. The Hall–Kier alpha value is -1.81. The van der Waals surface area contributed by atoms with Crippen LogP contribution >= 0.6 is 0 Å². The number of nitrogens with zero attached hydrogens (tertiary/aromatic N) is 2. The van der Waals surface area contributed by atoms with Crippen LogP contribution in [0.5, 0.6) is 5.75 Å². The maximum Gasteiger partial charge on any atom is 0.119 e. The first-order valence-corrected chi connectivity index (χ1v) is 7.21. The summed E-state index contributed by atoms with van der Waals surface area (Å²) in [5, 5.41) is 3.67. The molecule has 0 bridgehead atoms. The Kier molecular flexibility index (Phi) is 3.74. The van der Waals surface area contributed by atoms with E-state index < -0.39 is 0 Å². The molecule has 1 N–H and O–H groups in total. The third-order valence-electron chi connectivity index (χ3n) is 4.02. The molecule has 0 fully saturated rings. The molecule has 3 rings (SSSR count). The van der Waals surface area contributed by atoms with Crippen molar-refractivity contribution in [3.05, 3.63) is 48.0 Å². The van der Waals surface area contributed by atoms with E-state index in [2.05, 4.69) is 40.1 Å². The summed E-state index contributed by atoms with van der Waals surface area (Å²) in [7, 11) is 1.72. The lowest BCUT2D eigenvalue weighted by atomic mass is 10.1. The van der Waals surface area contributed by atoms with Gasteiger partial charge >= 0.3 is 0 Å². The lowest BCUT2D eigenvalue weighted by Crippen LogP contribution is -2.27. The van der Waals surface area contributed by atoms with Crippen molar-refractivity contribution in [1.82, 2.24) is 14.9 Å². The average molecular weight is 271 g/mol. The van der Waals surface area contributed by atoms with Crippen molar-refractivity contribution in [2.75, 3.05) is 13.7 Å². The normalized spacial score (nSPS) is 20.9. The number of ether oxygens (including phenoxy) is 1. The smallest absolute Gasteiger partial charge is 0.119 e. The predicted molar refractivity (Wildman–Crippen MR) is 79.0 cm³/mol. The van der Waals surface area contributed by atoms with Gasteiger partial charge in [-0.3, -0.25) is 0 Å². The first-order chi connectivity index (χ1) is 9.83. The molecule has 4 heteroatoms. The van der Waals surface area contributed by atoms with Gasteiger partial charge in [0.25, 0.3) is 0 Å². The number of fused-ring (bicyclic) bond motifs is 1. The topological polar surface area (TPSA) is 39.1 Å². The number of nitrogens with one attached hydrogen (secondary N) is 1. The van der Waals surface area contributed by atoms with E-state index in [1.54, 1.807) is 7.11 Å². The molecule has 0 aliphatic heterocycles. The van der Waals surface area contributed by atoms with Gasteiger partial charge < -0.3 is 14.6 Å². The minimum Gasteiger partial charge on any atom is -0.497 e. The molecule has 1 heterocycles. The molecule has 106 valence electrons. The third kappa shape index (κ3) is 2.31. The van der Waals surface area contributed by atoms with Gasteiger partial charge in [0.15, 0.2) is 0 Å². The highest BCUT2D eigenvalue weighted by atomic mass is 16.5. The van der Waals surface area contributed by atoms with E-state index >= 15 is 0 Å². The van der Waals surface area contributed by atoms with Crippen LogP contribution < -0.4 is 10.1 Å². The van der Waals surface area contributed by atoms with Crippen molar-refractivity contribution in [3.8, 4) is 5.75 Å². The molecule has 0 radical (unpaired) electrons. The third-order valence-corrected chi connectivity index (χ3v) is 4.02. The summed E-state index contributed by atoms with van der Waals surface area (Å²) in [6, 6.07) is 7.12. The quantitative estimate of drug-likeness (QED) is 0.909. The molecule has 1 aliphatic rings. The summed E-state index contributed by atoms with van der Waals surface area (Å²) < 4.78 is 7.58. The van der Waals surface area contributed by atoms with Crippen molar-refractivity contribution in [2.45, 2.75) is 31.8 Å². The highest BCUT2D eigenvalue weighted by Crippen LogP contribution is 2.40. The van der Waals surface area contributed by atoms with E-state index in [4.69, 9.17) is 4.74 Å². The standard InChI is InChI=1S/C16H21N3O/c1-3-6-18-16-14-10-13(20-2)5-4-12(14)9-15(16)19-8-7-17-11-19/h4-5,7-8,10-11,15-16,18H,3,6,9H2,1-2H3. The summed E-state index contributed by atoms with van der Waals surface area (Å²) in [5.74, 6) is 0.929. The molecular weight excluding hydrogens is 250 g/mol. The van der Waals surface area contributed by atoms with Crippen molar-refractivity contribution < 1.29 is 4.74 Å². The number of rotatable bonds is 5. The van der Waals surface area contributed by atoms with E-state index in [0.29, 0.717) is 12.1 Å². The molecule has 0 saturated heterocycles. The largest absolute Gasteiger partial charge is 0.497 e. The van der Waals surface area contributed by atoms with Crippen LogP contribution in [0.25, 0.3) is 0 Å². The maximum absolute atomic E-state index is 5.37. The van der Waals surface area contributed by atoms with Crippen LogP contribution in [-0.4, -0.2) is 23.2 Å². The Labute approximate surface area is 119 Å². The van der Waals surface area contributed by atoms with Gasteiger partial charge in [-0.1, -0.05) is 13.0 Å². The van der Waals surface area contributed by atoms with Gasteiger partial charge in [-0.25, -0.2) is 4.98 Å². The van der Waals surface area contributed by atoms with Crippen LogP contribution in [0.4, 0.5) is 0 Å². The van der Waals surface area contributed by atoms with Gasteiger partial charge in [0.2, 0.25) is 0 Å². The number of aromatic nitrogens is 2. The monoisotopic (exact) mass is 271 g/mol. The Balaban J connectivity index is 1.94. The van der Waals surface area contributed by atoms with Gasteiger partial charge in [0.05, 0.1) is 25.5 Å². The van der Waals surface area contributed by atoms with Gasteiger partial charge in [-0.15, -0.1) is 0 Å². The molecule has 4 nitrogen and oxygen atoms in total. The summed E-state index contributed by atoms with van der Waals surface area (Å²) in [4.78, 5) is 4.19. The first kappa shape index (κ1) is 13.2. The van der Waals surface area contributed by atoms with Crippen molar-refractivity contribution in [2.24, 2.45) is 0 Å². The molecule has 2 aromatic rings. The molecule has 1 aromatic heterocycles. The Bertz CT molecular complexity index is 565. The highest BCUT2D eigenvalue weighted by Gasteiger charge is 2.33. The molecule has 2 unspecified atom stereocenters. The zero-order valence-electron chi connectivity index (χ0n) is 12.0. The number of imidazole rings is 1. The summed E-state index contributed by atoms with van der Waals surface area (Å²) >= 11 is 0. The van der Waals surface area contributed by atoms with Crippen LogP contribution in [0.1, 0.15) is 36.6 Å². The molecule has 0 spiro atoms. The lowest BCUT2D eigenvalue weighted by molar-refractivity contribution is 0.379. The van der Waals surface area contributed by atoms with Crippen LogP contribution in [0, 0.1) is 0 Å². The first-order valence-electron chi connectivity index (χ1n) is 7.21. The fraction of sp³-hybridized carbons (Fsp3) is 0.438. The van der Waals surface area contributed by atoms with Crippen LogP contribution in [-0.2, 0) is 6.42 Å². The average Bonchev–Trinajstić information content (AvgIpc) is 3.11. The molecule has 0 saturated carbocycles. The van der Waals surface area contributed by atoms with Crippen molar-refractivity contribution in [1.29, 1.82) is 0 Å². The number of methoxy groups -OCH3 is 1. The van der Waals surface area contributed by atoms with Crippen molar-refractivity contribution >= 4 is 0 Å². The predicted octanol–water partition coefficient (Wildman–Crippen LogP) is 2.73. The van der Waals surface area contributed by atoms with E-state index in [1.165, 1.54) is 11.1 Å². The number of hydrogen-bond donors (Lipinski definition) is 1. The minimum absolute atomic E-state index is 0.328. The van der Waals surface area contributed by atoms with E-state index in [-0.39, 0.29) is 0 Å². The Morgan fingerprint density at radius 3 is 3.05 bits per heavy atom. The SMILES string of the molecule is CCCNC1c2cc(OC)ccc2CC1n1ccnc1. The zero-order valence-corrected chi connectivity index (χ0v) is 12.0. The fourth-order valence-corrected chi connectivity index (χ4v) is 3.01. The molecule has 1 aliphatic carbocycles. The minimum atomic E-state index is 0.328. The van der Waals surface area contributed by atoms with E-state index in [9.17, 15) is 0 Å². The summed E-state index contributed by atoms with van der Waals surface area (Å²) in [6.07, 6.45) is 7.98. The van der Waals surface area contributed by atoms with Gasteiger partial charge in [0, 0.05) is 12.4 Å². The van der Waals surface area contributed by atoms with E-state index in [0.717, 1.165) is 25.1 Å². The van der Waals surface area contributed by atoms with Crippen LogP contribution in [0.2, 0.25) is 0 Å². The second-order valence-corrected chi connectivity index (χ2v) is 5.28. The molecule has 2 atom stereocenters. The number of benzene rings is 1.